The van der Waals surface area contributed by atoms with E-state index in [0.29, 0.717) is 16.7 Å². The average molecular weight is 248 g/mol. The van der Waals surface area contributed by atoms with Gasteiger partial charge in [0.05, 0.1) is 0 Å². The Morgan fingerprint density at radius 3 is 2.80 bits per heavy atom. The Hall–Kier alpha value is -0.350. The van der Waals surface area contributed by atoms with Gasteiger partial charge in [-0.25, -0.2) is 4.98 Å². The minimum absolute atomic E-state index is 0.424. The molecule has 0 fully saturated rings. The number of pyridine rings is 1. The summed E-state index contributed by atoms with van der Waals surface area (Å²) in [4.78, 5) is 6.16. The first kappa shape index (κ1) is 12.7. The molecule has 0 aliphatic heterocycles. The molecule has 0 atom stereocenters. The summed E-state index contributed by atoms with van der Waals surface area (Å²) >= 11 is 11.7. The highest BCUT2D eigenvalue weighted by Crippen LogP contribution is 2.19. The maximum Gasteiger partial charge on any atom is 0.130 e. The van der Waals surface area contributed by atoms with Gasteiger partial charge in [-0.2, -0.15) is 0 Å². The Kier molecular flexibility index (Phi) is 5.32. The summed E-state index contributed by atoms with van der Waals surface area (Å²) in [5.74, 6) is 0. The lowest BCUT2D eigenvalue weighted by Crippen LogP contribution is -2.21. The first-order valence-electron chi connectivity index (χ1n) is 4.82. The highest BCUT2D eigenvalue weighted by atomic mass is 35.5. The van der Waals surface area contributed by atoms with E-state index in [4.69, 9.17) is 28.9 Å². The molecule has 0 aliphatic rings. The van der Waals surface area contributed by atoms with Crippen LogP contribution in [0, 0.1) is 0 Å². The monoisotopic (exact) mass is 247 g/mol. The summed E-state index contributed by atoms with van der Waals surface area (Å²) in [5.41, 5.74) is 6.42. The van der Waals surface area contributed by atoms with E-state index in [1.165, 1.54) is 0 Å². The molecule has 0 amide bonds. The zero-order chi connectivity index (χ0) is 11.3. The molecule has 2 N–H and O–H groups in total. The molecule has 0 saturated heterocycles. The fraction of sp³-hybridized carbons (Fsp3) is 0.500. The lowest BCUT2D eigenvalue weighted by Gasteiger charge is -2.16. The van der Waals surface area contributed by atoms with E-state index in [-0.39, 0.29) is 0 Å². The van der Waals surface area contributed by atoms with Gasteiger partial charge < -0.3 is 10.6 Å². The van der Waals surface area contributed by atoms with Crippen LogP contribution in [0.15, 0.2) is 12.3 Å². The molecule has 0 aromatic carbocycles. The molecule has 0 bridgehead atoms. The van der Waals surface area contributed by atoms with Crippen molar-refractivity contribution in [3.05, 3.63) is 28.0 Å². The van der Waals surface area contributed by atoms with Crippen LogP contribution in [0.1, 0.15) is 12.0 Å². The van der Waals surface area contributed by atoms with E-state index >= 15 is 0 Å². The quantitative estimate of drug-likeness (QED) is 0.812. The third-order valence-corrected chi connectivity index (χ3v) is 2.64. The fourth-order valence-corrected chi connectivity index (χ4v) is 1.71. The van der Waals surface area contributed by atoms with Crippen molar-refractivity contribution in [2.45, 2.75) is 13.0 Å². The second kappa shape index (κ2) is 6.28. The summed E-state index contributed by atoms with van der Waals surface area (Å²) in [5, 5.41) is 1.09. The molecule has 5 heteroatoms. The van der Waals surface area contributed by atoms with Crippen molar-refractivity contribution in [2.75, 3.05) is 20.1 Å². The van der Waals surface area contributed by atoms with Crippen molar-refractivity contribution in [1.29, 1.82) is 0 Å². The summed E-state index contributed by atoms with van der Waals surface area (Å²) in [6, 6.07) is 1.66. The van der Waals surface area contributed by atoms with Gasteiger partial charge in [0.25, 0.3) is 0 Å². The number of rotatable bonds is 5. The lowest BCUT2D eigenvalue weighted by molar-refractivity contribution is 0.324. The van der Waals surface area contributed by atoms with Crippen LogP contribution in [-0.2, 0) is 6.54 Å². The van der Waals surface area contributed by atoms with E-state index in [2.05, 4.69) is 9.88 Å². The van der Waals surface area contributed by atoms with Crippen LogP contribution in [0.3, 0.4) is 0 Å². The Morgan fingerprint density at radius 1 is 1.47 bits per heavy atom. The molecule has 0 spiro atoms. The zero-order valence-corrected chi connectivity index (χ0v) is 10.2. The minimum atomic E-state index is 0.424. The van der Waals surface area contributed by atoms with Gasteiger partial charge in [-0.3, -0.25) is 0 Å². The lowest BCUT2D eigenvalue weighted by atomic mass is 10.2. The summed E-state index contributed by atoms with van der Waals surface area (Å²) in [6.45, 7) is 2.43. The molecule has 0 unspecified atom stereocenters. The predicted octanol–water partition coefficient (Wildman–Crippen LogP) is 2.17. The molecule has 1 aromatic heterocycles. The van der Waals surface area contributed by atoms with Crippen LogP contribution in [0.5, 0.6) is 0 Å². The highest BCUT2D eigenvalue weighted by molar-refractivity contribution is 6.34. The van der Waals surface area contributed by atoms with Gasteiger partial charge in [0, 0.05) is 23.3 Å². The number of halogens is 2. The number of aromatic nitrogens is 1. The number of hydrogen-bond acceptors (Lipinski definition) is 3. The van der Waals surface area contributed by atoms with Crippen LogP contribution < -0.4 is 5.73 Å². The average Bonchev–Trinajstić information content (AvgIpc) is 2.19. The highest BCUT2D eigenvalue weighted by Gasteiger charge is 2.05. The number of nitrogens with zero attached hydrogens (tertiary/aromatic N) is 2. The molecule has 0 saturated carbocycles. The first-order chi connectivity index (χ1) is 7.13. The van der Waals surface area contributed by atoms with Gasteiger partial charge in [0.2, 0.25) is 0 Å². The van der Waals surface area contributed by atoms with Crippen LogP contribution >= 0.6 is 23.2 Å². The van der Waals surface area contributed by atoms with E-state index in [1.54, 1.807) is 12.3 Å². The van der Waals surface area contributed by atoms with Crippen LogP contribution in [0.4, 0.5) is 0 Å². The van der Waals surface area contributed by atoms with E-state index < -0.39 is 0 Å². The molecular formula is C10H15Cl2N3. The standard InChI is InChI=1S/C10H15Cl2N3/c1-15(4-2-3-13)7-8-6-14-10(12)5-9(8)11/h5-6H,2-4,7,13H2,1H3. The summed E-state index contributed by atoms with van der Waals surface area (Å²) in [7, 11) is 2.03. The van der Waals surface area contributed by atoms with E-state index in [0.717, 1.165) is 25.1 Å². The first-order valence-corrected chi connectivity index (χ1v) is 5.57. The van der Waals surface area contributed by atoms with Crippen molar-refractivity contribution in [1.82, 2.24) is 9.88 Å². The molecule has 1 heterocycles. The van der Waals surface area contributed by atoms with Crippen molar-refractivity contribution in [2.24, 2.45) is 5.73 Å². The number of nitrogens with two attached hydrogens (primary N) is 1. The largest absolute Gasteiger partial charge is 0.330 e. The maximum absolute atomic E-state index is 6.03. The third-order valence-electron chi connectivity index (χ3n) is 2.08. The second-order valence-electron chi connectivity index (χ2n) is 3.48. The molecule has 0 radical (unpaired) electrons. The Labute approximate surface area is 100 Å². The Balaban J connectivity index is 2.56. The van der Waals surface area contributed by atoms with Crippen molar-refractivity contribution in [3.63, 3.8) is 0 Å². The SMILES string of the molecule is CN(CCCN)Cc1cnc(Cl)cc1Cl. The molecule has 15 heavy (non-hydrogen) atoms. The predicted molar refractivity (Wildman–Crippen MR) is 64.3 cm³/mol. The third kappa shape index (κ3) is 4.34. The van der Waals surface area contributed by atoms with Gasteiger partial charge >= 0.3 is 0 Å². The molecule has 0 aliphatic carbocycles. The van der Waals surface area contributed by atoms with Gasteiger partial charge in [0.15, 0.2) is 0 Å². The second-order valence-corrected chi connectivity index (χ2v) is 4.27. The smallest absolute Gasteiger partial charge is 0.130 e. The van der Waals surface area contributed by atoms with Crippen LogP contribution in [0.2, 0.25) is 10.2 Å². The molecular weight excluding hydrogens is 233 g/mol. The molecule has 1 rings (SSSR count). The topological polar surface area (TPSA) is 42.1 Å². The van der Waals surface area contributed by atoms with Crippen molar-refractivity contribution in [3.8, 4) is 0 Å². The van der Waals surface area contributed by atoms with Gasteiger partial charge in [0.1, 0.15) is 5.15 Å². The summed E-state index contributed by atoms with van der Waals surface area (Å²) in [6.07, 6.45) is 2.69. The van der Waals surface area contributed by atoms with Crippen molar-refractivity contribution < 1.29 is 0 Å². The fourth-order valence-electron chi connectivity index (χ4n) is 1.28. The Morgan fingerprint density at radius 2 is 2.20 bits per heavy atom. The minimum Gasteiger partial charge on any atom is -0.330 e. The molecule has 3 nitrogen and oxygen atoms in total. The maximum atomic E-state index is 6.03. The van der Waals surface area contributed by atoms with Gasteiger partial charge in [-0.1, -0.05) is 23.2 Å². The van der Waals surface area contributed by atoms with Gasteiger partial charge in [-0.15, -0.1) is 0 Å². The van der Waals surface area contributed by atoms with E-state index in [1.807, 2.05) is 7.05 Å². The normalized spacial score (nSPS) is 11.0. The van der Waals surface area contributed by atoms with Crippen LogP contribution in [-0.4, -0.2) is 30.0 Å². The van der Waals surface area contributed by atoms with E-state index in [9.17, 15) is 0 Å². The molecule has 1 aromatic rings. The zero-order valence-electron chi connectivity index (χ0n) is 8.71. The Bertz CT molecular complexity index is 318. The number of hydrogen-bond donors (Lipinski definition) is 1. The van der Waals surface area contributed by atoms with Crippen molar-refractivity contribution >= 4 is 23.2 Å². The van der Waals surface area contributed by atoms with Crippen LogP contribution in [0.25, 0.3) is 0 Å². The molecule has 84 valence electrons. The summed E-state index contributed by atoms with van der Waals surface area (Å²) < 4.78 is 0. The van der Waals surface area contributed by atoms with Gasteiger partial charge in [-0.05, 0) is 32.6 Å².